The number of pyridine rings is 1. The van der Waals surface area contributed by atoms with Gasteiger partial charge in [0.25, 0.3) is 0 Å². The maximum Gasteiger partial charge on any atom is 0.234 e. The van der Waals surface area contributed by atoms with E-state index in [4.69, 9.17) is 9.47 Å². The van der Waals surface area contributed by atoms with Crippen molar-refractivity contribution in [2.75, 3.05) is 48.9 Å². The van der Waals surface area contributed by atoms with Crippen LogP contribution in [0.5, 0.6) is 5.75 Å². The third-order valence-electron chi connectivity index (χ3n) is 3.87. The SMILES string of the molecule is CCOc1ccc(SCC(=O)Nc2ccc(N3CCOCC3)nc2)cc1. The summed E-state index contributed by atoms with van der Waals surface area (Å²) in [6.45, 7) is 5.74. The topological polar surface area (TPSA) is 63.7 Å². The molecule has 0 saturated carbocycles. The van der Waals surface area contributed by atoms with E-state index in [0.29, 0.717) is 18.0 Å². The van der Waals surface area contributed by atoms with Crippen molar-refractivity contribution in [3.8, 4) is 5.75 Å². The molecule has 1 N–H and O–H groups in total. The van der Waals surface area contributed by atoms with E-state index in [1.807, 2.05) is 43.3 Å². The van der Waals surface area contributed by atoms with Gasteiger partial charge < -0.3 is 19.7 Å². The molecule has 3 rings (SSSR count). The summed E-state index contributed by atoms with van der Waals surface area (Å²) in [6, 6.07) is 11.6. The zero-order valence-corrected chi connectivity index (χ0v) is 15.6. The van der Waals surface area contributed by atoms with Gasteiger partial charge in [0, 0.05) is 18.0 Å². The Hall–Kier alpha value is -2.25. The second-order valence-corrected chi connectivity index (χ2v) is 6.79. The molecule has 1 amide bonds. The van der Waals surface area contributed by atoms with Crippen molar-refractivity contribution in [1.82, 2.24) is 4.98 Å². The van der Waals surface area contributed by atoms with Crippen molar-refractivity contribution in [2.45, 2.75) is 11.8 Å². The van der Waals surface area contributed by atoms with Crippen molar-refractivity contribution >= 4 is 29.2 Å². The molecule has 1 aromatic carbocycles. The number of nitrogens with zero attached hydrogens (tertiary/aromatic N) is 2. The number of amides is 1. The summed E-state index contributed by atoms with van der Waals surface area (Å²) in [4.78, 5) is 19.8. The fourth-order valence-corrected chi connectivity index (χ4v) is 3.28. The van der Waals surface area contributed by atoms with Gasteiger partial charge in [-0.2, -0.15) is 0 Å². The standard InChI is InChI=1S/C19H23N3O3S/c1-2-25-16-4-6-17(7-5-16)26-14-19(23)21-15-3-8-18(20-13-15)22-9-11-24-12-10-22/h3-8,13H,2,9-12,14H2,1H3,(H,21,23). The Morgan fingerprint density at radius 2 is 2.00 bits per heavy atom. The number of hydrogen-bond acceptors (Lipinski definition) is 6. The van der Waals surface area contributed by atoms with Crippen LogP contribution >= 0.6 is 11.8 Å². The third-order valence-corrected chi connectivity index (χ3v) is 4.88. The minimum atomic E-state index is -0.0511. The number of morpholine rings is 1. The molecular weight excluding hydrogens is 350 g/mol. The summed E-state index contributed by atoms with van der Waals surface area (Å²) in [5, 5.41) is 2.88. The number of carbonyl (C=O) groups excluding carboxylic acids is 1. The van der Waals surface area contributed by atoms with Crippen LogP contribution in [-0.4, -0.2) is 49.6 Å². The number of rotatable bonds is 7. The van der Waals surface area contributed by atoms with Gasteiger partial charge in [0.05, 0.1) is 37.5 Å². The number of carbonyl (C=O) groups is 1. The molecule has 0 spiro atoms. The number of aromatic nitrogens is 1. The van der Waals surface area contributed by atoms with Crippen LogP contribution in [0.15, 0.2) is 47.5 Å². The molecule has 2 aromatic rings. The van der Waals surface area contributed by atoms with Gasteiger partial charge in [0.1, 0.15) is 11.6 Å². The summed E-state index contributed by atoms with van der Waals surface area (Å²) in [6.07, 6.45) is 1.70. The first-order chi connectivity index (χ1) is 12.7. The zero-order chi connectivity index (χ0) is 18.2. The highest BCUT2D eigenvalue weighted by atomic mass is 32.2. The predicted octanol–water partition coefficient (Wildman–Crippen LogP) is 3.05. The smallest absolute Gasteiger partial charge is 0.234 e. The number of nitrogens with one attached hydrogen (secondary N) is 1. The minimum Gasteiger partial charge on any atom is -0.494 e. The van der Waals surface area contributed by atoms with Gasteiger partial charge in [0.2, 0.25) is 5.91 Å². The molecule has 7 heteroatoms. The van der Waals surface area contributed by atoms with Gasteiger partial charge in [0.15, 0.2) is 0 Å². The number of ether oxygens (including phenoxy) is 2. The largest absolute Gasteiger partial charge is 0.494 e. The van der Waals surface area contributed by atoms with Gasteiger partial charge in [-0.05, 0) is 43.3 Å². The molecule has 1 saturated heterocycles. The molecule has 1 aliphatic rings. The molecular formula is C19H23N3O3S. The highest BCUT2D eigenvalue weighted by Gasteiger charge is 2.12. The van der Waals surface area contributed by atoms with Crippen LogP contribution in [-0.2, 0) is 9.53 Å². The summed E-state index contributed by atoms with van der Waals surface area (Å²) >= 11 is 1.49. The highest BCUT2D eigenvalue weighted by molar-refractivity contribution is 8.00. The molecule has 0 bridgehead atoms. The van der Waals surface area contributed by atoms with Gasteiger partial charge in [-0.15, -0.1) is 11.8 Å². The Morgan fingerprint density at radius 1 is 1.23 bits per heavy atom. The van der Waals surface area contributed by atoms with Crippen LogP contribution < -0.4 is 15.0 Å². The molecule has 0 unspecified atom stereocenters. The Labute approximate surface area is 157 Å². The summed E-state index contributed by atoms with van der Waals surface area (Å²) in [5.41, 5.74) is 0.708. The number of benzene rings is 1. The van der Waals surface area contributed by atoms with Crippen molar-refractivity contribution in [2.24, 2.45) is 0 Å². The van der Waals surface area contributed by atoms with Crippen LogP contribution in [0.2, 0.25) is 0 Å². The van der Waals surface area contributed by atoms with Gasteiger partial charge in [-0.3, -0.25) is 4.79 Å². The molecule has 6 nitrogen and oxygen atoms in total. The average molecular weight is 373 g/mol. The molecule has 1 aromatic heterocycles. The Kier molecular flexibility index (Phi) is 6.74. The van der Waals surface area contributed by atoms with E-state index in [9.17, 15) is 4.79 Å². The van der Waals surface area contributed by atoms with E-state index < -0.39 is 0 Å². The molecule has 0 aliphatic carbocycles. The molecule has 0 radical (unpaired) electrons. The van der Waals surface area contributed by atoms with E-state index in [1.54, 1.807) is 6.20 Å². The van der Waals surface area contributed by atoms with E-state index >= 15 is 0 Å². The molecule has 1 aliphatic heterocycles. The second kappa shape index (κ2) is 9.45. The van der Waals surface area contributed by atoms with Crippen molar-refractivity contribution in [1.29, 1.82) is 0 Å². The lowest BCUT2D eigenvalue weighted by Crippen LogP contribution is -2.36. The first-order valence-corrected chi connectivity index (χ1v) is 9.67. The van der Waals surface area contributed by atoms with Crippen molar-refractivity contribution in [3.05, 3.63) is 42.6 Å². The molecule has 138 valence electrons. The second-order valence-electron chi connectivity index (χ2n) is 5.75. The Balaban J connectivity index is 1.46. The van der Waals surface area contributed by atoms with E-state index in [1.165, 1.54) is 11.8 Å². The molecule has 26 heavy (non-hydrogen) atoms. The highest BCUT2D eigenvalue weighted by Crippen LogP contribution is 2.22. The van der Waals surface area contributed by atoms with Crippen LogP contribution in [0.3, 0.4) is 0 Å². The van der Waals surface area contributed by atoms with Crippen LogP contribution in [0.25, 0.3) is 0 Å². The molecule has 0 atom stereocenters. The monoisotopic (exact) mass is 373 g/mol. The fourth-order valence-electron chi connectivity index (χ4n) is 2.58. The van der Waals surface area contributed by atoms with Crippen molar-refractivity contribution in [3.63, 3.8) is 0 Å². The Bertz CT molecular complexity index is 701. The average Bonchev–Trinajstić information content (AvgIpc) is 2.69. The maximum absolute atomic E-state index is 12.1. The van der Waals surface area contributed by atoms with Crippen molar-refractivity contribution < 1.29 is 14.3 Å². The quantitative estimate of drug-likeness (QED) is 0.753. The first kappa shape index (κ1) is 18.5. The lowest BCUT2D eigenvalue weighted by Gasteiger charge is -2.27. The zero-order valence-electron chi connectivity index (χ0n) is 14.8. The molecule has 1 fully saturated rings. The van der Waals surface area contributed by atoms with Gasteiger partial charge in [-0.25, -0.2) is 4.98 Å². The predicted molar refractivity (Wildman–Crippen MR) is 104 cm³/mol. The lowest BCUT2D eigenvalue weighted by molar-refractivity contribution is -0.113. The van der Waals surface area contributed by atoms with Gasteiger partial charge in [-0.1, -0.05) is 0 Å². The number of hydrogen-bond donors (Lipinski definition) is 1. The fraction of sp³-hybridized carbons (Fsp3) is 0.368. The summed E-state index contributed by atoms with van der Waals surface area (Å²) in [7, 11) is 0. The number of thioether (sulfide) groups is 1. The number of anilines is 2. The van der Waals surface area contributed by atoms with Crippen LogP contribution in [0.1, 0.15) is 6.92 Å². The third kappa shape index (κ3) is 5.37. The summed E-state index contributed by atoms with van der Waals surface area (Å²) < 4.78 is 10.8. The Morgan fingerprint density at radius 3 is 2.65 bits per heavy atom. The van der Waals surface area contributed by atoms with Crippen LogP contribution in [0.4, 0.5) is 11.5 Å². The lowest BCUT2D eigenvalue weighted by atomic mass is 10.3. The molecule has 2 heterocycles. The van der Waals surface area contributed by atoms with E-state index in [2.05, 4.69) is 15.2 Å². The van der Waals surface area contributed by atoms with Gasteiger partial charge >= 0.3 is 0 Å². The first-order valence-electron chi connectivity index (χ1n) is 8.69. The normalized spacial score (nSPS) is 14.1. The maximum atomic E-state index is 12.1. The van der Waals surface area contributed by atoms with E-state index in [0.717, 1.165) is 42.8 Å². The minimum absolute atomic E-state index is 0.0511. The summed E-state index contributed by atoms with van der Waals surface area (Å²) in [5.74, 6) is 2.05. The van der Waals surface area contributed by atoms with E-state index in [-0.39, 0.29) is 5.91 Å². The van der Waals surface area contributed by atoms with Crippen LogP contribution in [0, 0.1) is 0 Å².